The molecule has 2 N–H and O–H groups in total. The maximum absolute atomic E-state index is 12.0. The fourth-order valence-corrected chi connectivity index (χ4v) is 2.83. The van der Waals surface area contributed by atoms with Crippen LogP contribution in [0.3, 0.4) is 0 Å². The highest BCUT2D eigenvalue weighted by Crippen LogP contribution is 2.32. The lowest BCUT2D eigenvalue weighted by atomic mass is 10.1. The van der Waals surface area contributed by atoms with Gasteiger partial charge < -0.3 is 24.7 Å². The van der Waals surface area contributed by atoms with Crippen molar-refractivity contribution in [2.24, 2.45) is 0 Å². The van der Waals surface area contributed by atoms with Crippen LogP contribution in [0.25, 0.3) is 0 Å². The molecule has 4 rings (SSSR count). The molecule has 0 atom stereocenters. The lowest BCUT2D eigenvalue weighted by Gasteiger charge is -2.09. The summed E-state index contributed by atoms with van der Waals surface area (Å²) < 4.78 is 12.6. The van der Waals surface area contributed by atoms with E-state index in [1.807, 2.05) is 41.1 Å². The van der Waals surface area contributed by atoms with Gasteiger partial charge in [0, 0.05) is 32.0 Å². The number of rotatable bonds is 6. The normalized spacial score (nSPS) is 12.0. The van der Waals surface area contributed by atoms with Crippen molar-refractivity contribution in [2.75, 3.05) is 6.79 Å². The van der Waals surface area contributed by atoms with Crippen molar-refractivity contribution in [1.29, 1.82) is 0 Å². The predicted molar refractivity (Wildman–Crippen MR) is 99.4 cm³/mol. The first kappa shape index (κ1) is 17.0. The van der Waals surface area contributed by atoms with Crippen LogP contribution in [0.2, 0.25) is 0 Å². The SMILES string of the molecule is O=C(NCc1ccc(Cn2ccnc2)cc1)NCc1ccc2c(c1)OCO2. The second kappa shape index (κ2) is 7.82. The number of amides is 2. The average molecular weight is 364 g/mol. The molecule has 2 aromatic carbocycles. The summed E-state index contributed by atoms with van der Waals surface area (Å²) in [6.45, 7) is 1.92. The summed E-state index contributed by atoms with van der Waals surface area (Å²) in [5.41, 5.74) is 3.19. The van der Waals surface area contributed by atoms with Gasteiger partial charge in [-0.15, -0.1) is 0 Å². The molecule has 27 heavy (non-hydrogen) atoms. The van der Waals surface area contributed by atoms with E-state index in [1.54, 1.807) is 12.5 Å². The van der Waals surface area contributed by atoms with Gasteiger partial charge in [-0.1, -0.05) is 30.3 Å². The molecule has 0 saturated heterocycles. The van der Waals surface area contributed by atoms with Crippen molar-refractivity contribution in [3.8, 4) is 11.5 Å². The first-order valence-electron chi connectivity index (χ1n) is 8.70. The number of urea groups is 1. The minimum absolute atomic E-state index is 0.213. The molecule has 1 aliphatic rings. The Labute approximate surface area is 156 Å². The molecule has 1 aromatic heterocycles. The van der Waals surface area contributed by atoms with Crippen molar-refractivity contribution in [1.82, 2.24) is 20.2 Å². The molecule has 0 unspecified atom stereocenters. The molecule has 2 heterocycles. The Kier molecular flexibility index (Phi) is 4.91. The average Bonchev–Trinajstić information content (AvgIpc) is 3.37. The maximum atomic E-state index is 12.0. The van der Waals surface area contributed by atoms with E-state index in [0.717, 1.165) is 23.4 Å². The molecule has 7 heteroatoms. The zero-order valence-corrected chi connectivity index (χ0v) is 14.7. The zero-order valence-electron chi connectivity index (χ0n) is 14.7. The van der Waals surface area contributed by atoms with Crippen LogP contribution in [-0.2, 0) is 19.6 Å². The molecular weight excluding hydrogens is 344 g/mol. The molecule has 3 aromatic rings. The number of carbonyl (C=O) groups excluding carboxylic acids is 1. The molecule has 0 saturated carbocycles. The second-order valence-electron chi connectivity index (χ2n) is 6.28. The predicted octanol–water partition coefficient (Wildman–Crippen LogP) is 2.66. The van der Waals surface area contributed by atoms with Gasteiger partial charge in [-0.05, 0) is 28.8 Å². The van der Waals surface area contributed by atoms with Crippen molar-refractivity contribution in [2.45, 2.75) is 19.6 Å². The van der Waals surface area contributed by atoms with Crippen LogP contribution in [0, 0.1) is 0 Å². The van der Waals surface area contributed by atoms with E-state index in [9.17, 15) is 4.79 Å². The van der Waals surface area contributed by atoms with E-state index in [4.69, 9.17) is 9.47 Å². The fourth-order valence-electron chi connectivity index (χ4n) is 2.83. The molecule has 7 nitrogen and oxygen atoms in total. The van der Waals surface area contributed by atoms with Gasteiger partial charge in [0.25, 0.3) is 0 Å². The minimum atomic E-state index is -0.213. The lowest BCUT2D eigenvalue weighted by Crippen LogP contribution is -2.34. The van der Waals surface area contributed by atoms with Crippen LogP contribution in [-0.4, -0.2) is 22.4 Å². The Morgan fingerprint density at radius 2 is 1.67 bits per heavy atom. The number of fused-ring (bicyclic) bond motifs is 1. The minimum Gasteiger partial charge on any atom is -0.454 e. The van der Waals surface area contributed by atoms with Crippen molar-refractivity contribution in [3.63, 3.8) is 0 Å². The number of imidazole rings is 1. The van der Waals surface area contributed by atoms with Crippen LogP contribution in [0.4, 0.5) is 4.79 Å². The van der Waals surface area contributed by atoms with Gasteiger partial charge in [0.2, 0.25) is 6.79 Å². The topological polar surface area (TPSA) is 77.4 Å². The zero-order chi connectivity index (χ0) is 18.5. The van der Waals surface area contributed by atoms with Gasteiger partial charge in [-0.2, -0.15) is 0 Å². The molecule has 0 spiro atoms. The van der Waals surface area contributed by atoms with Gasteiger partial charge in [0.15, 0.2) is 11.5 Å². The number of hydrogen-bond acceptors (Lipinski definition) is 4. The monoisotopic (exact) mass is 364 g/mol. The molecule has 0 radical (unpaired) electrons. The van der Waals surface area contributed by atoms with Gasteiger partial charge in [0.1, 0.15) is 0 Å². The van der Waals surface area contributed by atoms with E-state index < -0.39 is 0 Å². The van der Waals surface area contributed by atoms with Gasteiger partial charge >= 0.3 is 6.03 Å². The molecule has 0 aliphatic carbocycles. The number of benzene rings is 2. The first-order chi connectivity index (χ1) is 13.3. The highest BCUT2D eigenvalue weighted by molar-refractivity contribution is 5.73. The van der Waals surface area contributed by atoms with E-state index in [1.165, 1.54) is 5.56 Å². The number of hydrogen-bond donors (Lipinski definition) is 2. The smallest absolute Gasteiger partial charge is 0.315 e. The van der Waals surface area contributed by atoms with Crippen LogP contribution in [0.15, 0.2) is 61.2 Å². The van der Waals surface area contributed by atoms with Gasteiger partial charge in [0.05, 0.1) is 6.33 Å². The highest BCUT2D eigenvalue weighted by Gasteiger charge is 2.13. The summed E-state index contributed by atoms with van der Waals surface area (Å²) in [7, 11) is 0. The molecule has 138 valence electrons. The van der Waals surface area contributed by atoms with Gasteiger partial charge in [-0.25, -0.2) is 9.78 Å². The van der Waals surface area contributed by atoms with E-state index in [0.29, 0.717) is 18.8 Å². The largest absolute Gasteiger partial charge is 0.454 e. The Morgan fingerprint density at radius 1 is 0.963 bits per heavy atom. The standard InChI is InChI=1S/C20H20N4O3/c25-20(23-11-17-5-6-18-19(9-17)27-14-26-18)22-10-15-1-3-16(4-2-15)12-24-8-7-21-13-24/h1-9,13H,10-12,14H2,(H2,22,23,25). The third-order valence-electron chi connectivity index (χ3n) is 4.29. The van der Waals surface area contributed by atoms with Crippen LogP contribution >= 0.6 is 0 Å². The third-order valence-corrected chi connectivity index (χ3v) is 4.29. The Hall–Kier alpha value is -3.48. The van der Waals surface area contributed by atoms with E-state index in [-0.39, 0.29) is 12.8 Å². The van der Waals surface area contributed by atoms with E-state index in [2.05, 4.69) is 27.8 Å². The number of nitrogens with zero attached hydrogens (tertiary/aromatic N) is 2. The quantitative estimate of drug-likeness (QED) is 0.705. The third kappa shape index (κ3) is 4.38. The fraction of sp³-hybridized carbons (Fsp3) is 0.200. The summed E-state index contributed by atoms with van der Waals surface area (Å²) in [4.78, 5) is 16.0. The van der Waals surface area contributed by atoms with Crippen molar-refractivity contribution < 1.29 is 14.3 Å². The molecule has 0 fully saturated rings. The number of carbonyl (C=O) groups is 1. The molecule has 0 bridgehead atoms. The molecular formula is C20H20N4O3. The highest BCUT2D eigenvalue weighted by atomic mass is 16.7. The van der Waals surface area contributed by atoms with E-state index >= 15 is 0 Å². The summed E-state index contributed by atoms with van der Waals surface area (Å²) in [5, 5.41) is 5.71. The lowest BCUT2D eigenvalue weighted by molar-refractivity contribution is 0.174. The summed E-state index contributed by atoms with van der Waals surface area (Å²) in [6, 6.07) is 13.6. The summed E-state index contributed by atoms with van der Waals surface area (Å²) in [5.74, 6) is 1.45. The van der Waals surface area contributed by atoms with Crippen LogP contribution in [0.1, 0.15) is 16.7 Å². The summed E-state index contributed by atoms with van der Waals surface area (Å²) in [6.07, 6.45) is 5.49. The number of aromatic nitrogens is 2. The molecule has 2 amide bonds. The second-order valence-corrected chi connectivity index (χ2v) is 6.28. The molecule has 1 aliphatic heterocycles. The first-order valence-corrected chi connectivity index (χ1v) is 8.70. The maximum Gasteiger partial charge on any atom is 0.315 e. The van der Waals surface area contributed by atoms with Crippen LogP contribution < -0.4 is 20.1 Å². The van der Waals surface area contributed by atoms with Gasteiger partial charge in [-0.3, -0.25) is 0 Å². The summed E-state index contributed by atoms with van der Waals surface area (Å²) >= 11 is 0. The Bertz CT molecular complexity index is 907. The van der Waals surface area contributed by atoms with Crippen molar-refractivity contribution in [3.05, 3.63) is 77.9 Å². The van der Waals surface area contributed by atoms with Crippen molar-refractivity contribution >= 4 is 6.03 Å². The number of ether oxygens (including phenoxy) is 2. The Morgan fingerprint density at radius 3 is 2.44 bits per heavy atom. The van der Waals surface area contributed by atoms with Crippen LogP contribution in [0.5, 0.6) is 11.5 Å². The number of nitrogens with one attached hydrogen (secondary N) is 2. The Balaban J connectivity index is 1.23.